The Morgan fingerprint density at radius 3 is 2.29 bits per heavy atom. The number of amides is 1. The van der Waals surface area contributed by atoms with Gasteiger partial charge >= 0.3 is 0 Å². The summed E-state index contributed by atoms with van der Waals surface area (Å²) in [6, 6.07) is 10.4. The lowest BCUT2D eigenvalue weighted by atomic mass is 10.1. The molecule has 0 spiro atoms. The number of benzene rings is 1. The van der Waals surface area contributed by atoms with Crippen molar-refractivity contribution >= 4 is 12.0 Å². The first-order valence-corrected chi connectivity index (χ1v) is 6.00. The number of hydrogen-bond acceptors (Lipinski definition) is 1. The molecule has 0 radical (unpaired) electrons. The van der Waals surface area contributed by atoms with E-state index in [1.54, 1.807) is 6.92 Å². The second kappa shape index (κ2) is 6.24. The molecule has 1 amide bonds. The molecule has 0 aliphatic carbocycles. The van der Waals surface area contributed by atoms with E-state index in [2.05, 4.69) is 25.1 Å². The van der Waals surface area contributed by atoms with Gasteiger partial charge in [-0.2, -0.15) is 0 Å². The predicted octanol–water partition coefficient (Wildman–Crippen LogP) is 3.35. The van der Waals surface area contributed by atoms with E-state index < -0.39 is 0 Å². The van der Waals surface area contributed by atoms with Crippen molar-refractivity contribution in [1.82, 2.24) is 4.90 Å². The minimum absolute atomic E-state index is 0.126. The monoisotopic (exact) mass is 231 g/mol. The third-order valence-corrected chi connectivity index (χ3v) is 2.66. The van der Waals surface area contributed by atoms with Crippen LogP contribution in [-0.4, -0.2) is 23.4 Å². The van der Waals surface area contributed by atoms with Gasteiger partial charge < -0.3 is 4.90 Å². The molecule has 0 heterocycles. The number of rotatable bonds is 4. The van der Waals surface area contributed by atoms with Gasteiger partial charge in [-0.3, -0.25) is 4.79 Å². The Morgan fingerprint density at radius 2 is 1.82 bits per heavy atom. The van der Waals surface area contributed by atoms with Crippen molar-refractivity contribution in [3.8, 4) is 0 Å². The van der Waals surface area contributed by atoms with Crippen molar-refractivity contribution < 1.29 is 4.79 Å². The molecule has 0 saturated carbocycles. The first-order valence-electron chi connectivity index (χ1n) is 6.00. The third-order valence-electron chi connectivity index (χ3n) is 2.66. The summed E-state index contributed by atoms with van der Waals surface area (Å²) in [7, 11) is 0. The number of hydrogen-bond donors (Lipinski definition) is 0. The molecule has 0 saturated heterocycles. The zero-order chi connectivity index (χ0) is 12.8. The Bertz CT molecular complexity index is 393. The molecule has 0 aromatic heterocycles. The van der Waals surface area contributed by atoms with Gasteiger partial charge in [-0.05, 0) is 26.3 Å². The maximum atomic E-state index is 11.5. The second-order valence-electron chi connectivity index (χ2n) is 4.64. The average Bonchev–Trinajstić information content (AvgIpc) is 2.26. The standard InChI is InChI=1S/C15H21NO/c1-12(2)16(14(4)17)11-13(3)10-15-8-6-5-7-9-15/h5-10,12H,11H2,1-4H3/b13-10+. The topological polar surface area (TPSA) is 20.3 Å². The van der Waals surface area contributed by atoms with Crippen molar-refractivity contribution in [2.24, 2.45) is 0 Å². The van der Waals surface area contributed by atoms with Crippen molar-refractivity contribution in [1.29, 1.82) is 0 Å². The van der Waals surface area contributed by atoms with Gasteiger partial charge in [0.2, 0.25) is 5.91 Å². The number of carbonyl (C=O) groups is 1. The van der Waals surface area contributed by atoms with Gasteiger partial charge in [0.1, 0.15) is 0 Å². The number of carbonyl (C=O) groups excluding carboxylic acids is 1. The van der Waals surface area contributed by atoms with Gasteiger partial charge in [0, 0.05) is 19.5 Å². The molecule has 1 aromatic carbocycles. The maximum Gasteiger partial charge on any atom is 0.219 e. The van der Waals surface area contributed by atoms with Crippen LogP contribution in [-0.2, 0) is 4.79 Å². The summed E-state index contributed by atoms with van der Waals surface area (Å²) in [6.07, 6.45) is 2.12. The zero-order valence-corrected chi connectivity index (χ0v) is 11.1. The molecule has 0 atom stereocenters. The van der Waals surface area contributed by atoms with Crippen molar-refractivity contribution in [3.63, 3.8) is 0 Å². The Hall–Kier alpha value is -1.57. The first-order chi connectivity index (χ1) is 8.00. The van der Waals surface area contributed by atoms with E-state index in [0.717, 1.165) is 0 Å². The summed E-state index contributed by atoms with van der Waals surface area (Å²) in [5, 5.41) is 0. The molecule has 0 unspecified atom stereocenters. The van der Waals surface area contributed by atoms with Crippen LogP contribution in [0.4, 0.5) is 0 Å². The molecular weight excluding hydrogens is 210 g/mol. The van der Waals surface area contributed by atoms with Gasteiger partial charge in [0.15, 0.2) is 0 Å². The summed E-state index contributed by atoms with van der Waals surface area (Å²) in [6.45, 7) is 8.46. The molecule has 0 aliphatic rings. The molecule has 1 rings (SSSR count). The lowest BCUT2D eigenvalue weighted by molar-refractivity contribution is -0.129. The highest BCUT2D eigenvalue weighted by molar-refractivity contribution is 5.74. The SMILES string of the molecule is CC(=O)N(C/C(C)=C/c1ccccc1)C(C)C. The second-order valence-corrected chi connectivity index (χ2v) is 4.64. The average molecular weight is 231 g/mol. The molecular formula is C15H21NO. The molecule has 0 N–H and O–H groups in total. The molecule has 0 bridgehead atoms. The van der Waals surface area contributed by atoms with E-state index in [1.807, 2.05) is 36.9 Å². The van der Waals surface area contributed by atoms with Crippen LogP contribution in [0.25, 0.3) is 6.08 Å². The minimum atomic E-state index is 0.126. The van der Waals surface area contributed by atoms with Crippen LogP contribution >= 0.6 is 0 Å². The highest BCUT2D eigenvalue weighted by Gasteiger charge is 2.12. The largest absolute Gasteiger partial charge is 0.337 e. The van der Waals surface area contributed by atoms with E-state index >= 15 is 0 Å². The Morgan fingerprint density at radius 1 is 1.24 bits per heavy atom. The highest BCUT2D eigenvalue weighted by atomic mass is 16.2. The molecule has 17 heavy (non-hydrogen) atoms. The fraction of sp³-hybridized carbons (Fsp3) is 0.400. The van der Waals surface area contributed by atoms with E-state index in [9.17, 15) is 4.79 Å². The quantitative estimate of drug-likeness (QED) is 0.778. The normalized spacial score (nSPS) is 11.7. The van der Waals surface area contributed by atoms with Crippen LogP contribution < -0.4 is 0 Å². The minimum Gasteiger partial charge on any atom is -0.337 e. The Labute approximate surface area is 104 Å². The van der Waals surface area contributed by atoms with E-state index in [1.165, 1.54) is 11.1 Å². The molecule has 92 valence electrons. The summed E-state index contributed by atoms with van der Waals surface area (Å²) >= 11 is 0. The predicted molar refractivity (Wildman–Crippen MR) is 72.6 cm³/mol. The van der Waals surface area contributed by atoms with Crippen molar-refractivity contribution in [2.45, 2.75) is 33.7 Å². The van der Waals surface area contributed by atoms with Crippen LogP contribution in [0.15, 0.2) is 35.9 Å². The highest BCUT2D eigenvalue weighted by Crippen LogP contribution is 2.09. The summed E-state index contributed by atoms with van der Waals surface area (Å²) in [5.74, 6) is 0.126. The van der Waals surface area contributed by atoms with E-state index in [-0.39, 0.29) is 11.9 Å². The van der Waals surface area contributed by atoms with Crippen LogP contribution in [0, 0.1) is 0 Å². The molecule has 0 fully saturated rings. The summed E-state index contributed by atoms with van der Waals surface area (Å²) in [5.41, 5.74) is 2.37. The Balaban J connectivity index is 2.74. The van der Waals surface area contributed by atoms with Gasteiger partial charge in [-0.1, -0.05) is 42.0 Å². The third kappa shape index (κ3) is 4.43. The fourth-order valence-electron chi connectivity index (χ4n) is 1.81. The van der Waals surface area contributed by atoms with Gasteiger partial charge in [-0.25, -0.2) is 0 Å². The van der Waals surface area contributed by atoms with E-state index in [0.29, 0.717) is 6.54 Å². The van der Waals surface area contributed by atoms with Crippen LogP contribution in [0.2, 0.25) is 0 Å². The van der Waals surface area contributed by atoms with Gasteiger partial charge in [0.05, 0.1) is 0 Å². The molecule has 0 aliphatic heterocycles. The van der Waals surface area contributed by atoms with Crippen molar-refractivity contribution in [2.75, 3.05) is 6.54 Å². The van der Waals surface area contributed by atoms with Gasteiger partial charge in [-0.15, -0.1) is 0 Å². The summed E-state index contributed by atoms with van der Waals surface area (Å²) in [4.78, 5) is 13.3. The molecule has 1 aromatic rings. The van der Waals surface area contributed by atoms with Crippen LogP contribution in [0.5, 0.6) is 0 Å². The van der Waals surface area contributed by atoms with Crippen molar-refractivity contribution in [3.05, 3.63) is 41.5 Å². The van der Waals surface area contributed by atoms with Crippen LogP contribution in [0.1, 0.15) is 33.3 Å². The van der Waals surface area contributed by atoms with E-state index in [4.69, 9.17) is 0 Å². The maximum absolute atomic E-state index is 11.5. The van der Waals surface area contributed by atoms with Crippen LogP contribution in [0.3, 0.4) is 0 Å². The lowest BCUT2D eigenvalue weighted by Gasteiger charge is -2.25. The summed E-state index contributed by atoms with van der Waals surface area (Å²) < 4.78 is 0. The van der Waals surface area contributed by atoms with Gasteiger partial charge in [0.25, 0.3) is 0 Å². The zero-order valence-electron chi connectivity index (χ0n) is 11.1. The number of nitrogens with zero attached hydrogens (tertiary/aromatic N) is 1. The lowest BCUT2D eigenvalue weighted by Crippen LogP contribution is -2.36. The first kappa shape index (κ1) is 13.5. The fourth-order valence-corrected chi connectivity index (χ4v) is 1.81. The smallest absolute Gasteiger partial charge is 0.219 e. The molecule has 2 nitrogen and oxygen atoms in total. The molecule has 2 heteroatoms. The Kier molecular flexibility index (Phi) is 4.95.